The minimum atomic E-state index is -0.320. The summed E-state index contributed by atoms with van der Waals surface area (Å²) in [7, 11) is 0. The van der Waals surface area contributed by atoms with Crippen molar-refractivity contribution < 1.29 is 4.39 Å². The van der Waals surface area contributed by atoms with Crippen LogP contribution in [-0.4, -0.2) is 9.55 Å². The van der Waals surface area contributed by atoms with Gasteiger partial charge in [-0.2, -0.15) is 0 Å². The molecular formula is C13H9BrFN3. The number of fused-ring (bicyclic) bond motifs is 1. The van der Waals surface area contributed by atoms with Gasteiger partial charge in [-0.05, 0) is 40.2 Å². The van der Waals surface area contributed by atoms with Gasteiger partial charge < -0.3 is 5.73 Å². The number of imidazole rings is 1. The summed E-state index contributed by atoms with van der Waals surface area (Å²) in [5.74, 6) is 0.0155. The van der Waals surface area contributed by atoms with E-state index >= 15 is 0 Å². The molecule has 2 aromatic carbocycles. The van der Waals surface area contributed by atoms with Crippen molar-refractivity contribution in [3.8, 4) is 5.69 Å². The van der Waals surface area contributed by atoms with Crippen molar-refractivity contribution in [3.05, 3.63) is 52.8 Å². The standard InChI is InChI=1S/C13H9BrFN3/c14-9-3-1-2-4-11(9)18-12-6-5-8(15)7-10(12)17-13(18)16/h1-7H,(H2,16,17). The molecule has 1 heterocycles. The van der Waals surface area contributed by atoms with Crippen molar-refractivity contribution >= 4 is 32.9 Å². The Kier molecular flexibility index (Phi) is 2.56. The summed E-state index contributed by atoms with van der Waals surface area (Å²) < 4.78 is 15.9. The highest BCUT2D eigenvalue weighted by molar-refractivity contribution is 9.10. The van der Waals surface area contributed by atoms with Gasteiger partial charge in [0.15, 0.2) is 0 Å². The summed E-state index contributed by atoms with van der Waals surface area (Å²) in [6.45, 7) is 0. The lowest BCUT2D eigenvalue weighted by molar-refractivity contribution is 0.629. The van der Waals surface area contributed by atoms with E-state index in [2.05, 4.69) is 20.9 Å². The zero-order valence-electron chi connectivity index (χ0n) is 9.27. The van der Waals surface area contributed by atoms with E-state index in [1.165, 1.54) is 12.1 Å². The molecule has 0 aliphatic heterocycles. The number of benzene rings is 2. The summed E-state index contributed by atoms with van der Waals surface area (Å²) >= 11 is 3.47. The number of hydrogen-bond acceptors (Lipinski definition) is 2. The van der Waals surface area contributed by atoms with Crippen LogP contribution in [-0.2, 0) is 0 Å². The maximum Gasteiger partial charge on any atom is 0.205 e. The first-order chi connectivity index (χ1) is 8.66. The summed E-state index contributed by atoms with van der Waals surface area (Å²) in [6.07, 6.45) is 0. The van der Waals surface area contributed by atoms with E-state index < -0.39 is 0 Å². The van der Waals surface area contributed by atoms with E-state index in [1.54, 1.807) is 10.6 Å². The minimum absolute atomic E-state index is 0.320. The monoisotopic (exact) mass is 305 g/mol. The number of nitrogens with zero attached hydrogens (tertiary/aromatic N) is 2. The van der Waals surface area contributed by atoms with Crippen LogP contribution in [0.25, 0.3) is 16.7 Å². The molecule has 0 radical (unpaired) electrons. The molecule has 0 bridgehead atoms. The van der Waals surface area contributed by atoms with Crippen LogP contribution in [0.4, 0.5) is 10.3 Å². The van der Waals surface area contributed by atoms with Gasteiger partial charge in [0, 0.05) is 10.5 Å². The number of hydrogen-bond donors (Lipinski definition) is 1. The Balaban J connectivity index is 2.36. The van der Waals surface area contributed by atoms with Crippen molar-refractivity contribution in [2.75, 3.05) is 5.73 Å². The Hall–Kier alpha value is -1.88. The topological polar surface area (TPSA) is 43.8 Å². The van der Waals surface area contributed by atoms with Crippen LogP contribution in [0.5, 0.6) is 0 Å². The maximum absolute atomic E-state index is 13.2. The normalized spacial score (nSPS) is 11.0. The van der Waals surface area contributed by atoms with Crippen molar-refractivity contribution in [1.29, 1.82) is 0 Å². The van der Waals surface area contributed by atoms with Gasteiger partial charge in [-0.3, -0.25) is 4.57 Å². The van der Waals surface area contributed by atoms with Crippen LogP contribution in [0.1, 0.15) is 0 Å². The number of rotatable bonds is 1. The summed E-state index contributed by atoms with van der Waals surface area (Å²) in [5.41, 5.74) is 8.11. The highest BCUT2D eigenvalue weighted by Crippen LogP contribution is 2.28. The number of para-hydroxylation sites is 1. The molecule has 3 rings (SSSR count). The molecule has 0 spiro atoms. The SMILES string of the molecule is Nc1nc2cc(F)ccc2n1-c1ccccc1Br. The number of halogens is 2. The first kappa shape index (κ1) is 11.2. The summed E-state index contributed by atoms with van der Waals surface area (Å²) in [6, 6.07) is 12.1. The average Bonchev–Trinajstić information content (AvgIpc) is 2.65. The third-order valence-electron chi connectivity index (χ3n) is 2.74. The molecule has 0 fully saturated rings. The van der Waals surface area contributed by atoms with Gasteiger partial charge in [0.1, 0.15) is 5.82 Å². The third kappa shape index (κ3) is 1.67. The fourth-order valence-corrected chi connectivity index (χ4v) is 2.42. The lowest BCUT2D eigenvalue weighted by Gasteiger charge is -2.08. The lowest BCUT2D eigenvalue weighted by atomic mass is 10.2. The van der Waals surface area contributed by atoms with Gasteiger partial charge in [0.2, 0.25) is 5.95 Å². The molecular weight excluding hydrogens is 297 g/mol. The highest BCUT2D eigenvalue weighted by Gasteiger charge is 2.12. The van der Waals surface area contributed by atoms with Crippen molar-refractivity contribution in [2.24, 2.45) is 0 Å². The van der Waals surface area contributed by atoms with Crippen molar-refractivity contribution in [2.45, 2.75) is 0 Å². The molecule has 0 atom stereocenters. The predicted molar refractivity (Wildman–Crippen MR) is 73.1 cm³/mol. The Morgan fingerprint density at radius 3 is 2.72 bits per heavy atom. The predicted octanol–water partition coefficient (Wildman–Crippen LogP) is 3.51. The largest absolute Gasteiger partial charge is 0.369 e. The number of nitrogen functional groups attached to an aromatic ring is 1. The van der Waals surface area contributed by atoms with Crippen LogP contribution in [0.3, 0.4) is 0 Å². The molecule has 0 aliphatic rings. The van der Waals surface area contributed by atoms with Gasteiger partial charge in [-0.25, -0.2) is 9.37 Å². The second-order valence-electron chi connectivity index (χ2n) is 3.89. The molecule has 1 aromatic heterocycles. The average molecular weight is 306 g/mol. The smallest absolute Gasteiger partial charge is 0.205 e. The lowest BCUT2D eigenvalue weighted by Crippen LogP contribution is -2.01. The summed E-state index contributed by atoms with van der Waals surface area (Å²) in [5, 5.41) is 0. The quantitative estimate of drug-likeness (QED) is 0.747. The van der Waals surface area contributed by atoms with Gasteiger partial charge in [-0.15, -0.1) is 0 Å². The van der Waals surface area contributed by atoms with Crippen molar-refractivity contribution in [3.63, 3.8) is 0 Å². The van der Waals surface area contributed by atoms with E-state index in [1.807, 2.05) is 24.3 Å². The second kappa shape index (κ2) is 4.10. The fraction of sp³-hybridized carbons (Fsp3) is 0. The minimum Gasteiger partial charge on any atom is -0.369 e. The van der Waals surface area contributed by atoms with Crippen LogP contribution in [0.2, 0.25) is 0 Å². The summed E-state index contributed by atoms with van der Waals surface area (Å²) in [4.78, 5) is 4.17. The van der Waals surface area contributed by atoms with Gasteiger partial charge >= 0.3 is 0 Å². The van der Waals surface area contributed by atoms with E-state index in [0.717, 1.165) is 15.7 Å². The van der Waals surface area contributed by atoms with Crippen LogP contribution >= 0.6 is 15.9 Å². The Morgan fingerprint density at radius 1 is 1.17 bits per heavy atom. The van der Waals surface area contributed by atoms with E-state index in [4.69, 9.17) is 5.73 Å². The molecule has 0 unspecified atom stereocenters. The number of nitrogens with two attached hydrogens (primary N) is 1. The van der Waals surface area contributed by atoms with Crippen LogP contribution < -0.4 is 5.73 Å². The molecule has 5 heteroatoms. The first-order valence-electron chi connectivity index (χ1n) is 5.35. The molecule has 0 aliphatic carbocycles. The van der Waals surface area contributed by atoms with Crippen LogP contribution in [0.15, 0.2) is 46.9 Å². The van der Waals surface area contributed by atoms with E-state index in [-0.39, 0.29) is 5.82 Å². The zero-order chi connectivity index (χ0) is 12.7. The molecule has 3 aromatic rings. The van der Waals surface area contributed by atoms with E-state index in [0.29, 0.717) is 11.5 Å². The molecule has 3 nitrogen and oxygen atoms in total. The molecule has 0 saturated carbocycles. The third-order valence-corrected chi connectivity index (χ3v) is 3.41. The maximum atomic E-state index is 13.2. The second-order valence-corrected chi connectivity index (χ2v) is 4.74. The van der Waals surface area contributed by atoms with E-state index in [9.17, 15) is 4.39 Å². The van der Waals surface area contributed by atoms with Gasteiger partial charge in [0.05, 0.1) is 16.7 Å². The zero-order valence-corrected chi connectivity index (χ0v) is 10.9. The van der Waals surface area contributed by atoms with Gasteiger partial charge in [0.25, 0.3) is 0 Å². The molecule has 90 valence electrons. The number of anilines is 1. The Morgan fingerprint density at radius 2 is 1.94 bits per heavy atom. The molecule has 0 amide bonds. The molecule has 0 saturated heterocycles. The molecule has 2 N–H and O–H groups in total. The fourth-order valence-electron chi connectivity index (χ4n) is 1.96. The Bertz CT molecular complexity index is 736. The van der Waals surface area contributed by atoms with Crippen LogP contribution in [0, 0.1) is 5.82 Å². The molecule has 18 heavy (non-hydrogen) atoms. The number of aromatic nitrogens is 2. The van der Waals surface area contributed by atoms with Gasteiger partial charge in [-0.1, -0.05) is 12.1 Å². The Labute approximate surface area is 111 Å². The first-order valence-corrected chi connectivity index (χ1v) is 6.14. The highest BCUT2D eigenvalue weighted by atomic mass is 79.9. The van der Waals surface area contributed by atoms with Crippen molar-refractivity contribution in [1.82, 2.24) is 9.55 Å².